The highest BCUT2D eigenvalue weighted by molar-refractivity contribution is 6.31. The molecule has 0 aliphatic carbocycles. The van der Waals surface area contributed by atoms with Gasteiger partial charge in [0.15, 0.2) is 0 Å². The Balaban J connectivity index is 2.31. The molecule has 0 unspecified atom stereocenters. The standard InChI is InChI=1S/C16H25ClN2O/c1-3-10-19(11-4-2)12-9-16(20)18-13-14-7-5-6-8-15(14)17/h5-8H,3-4,9-13H2,1-2H3,(H,18,20). The van der Waals surface area contributed by atoms with Gasteiger partial charge in [-0.05, 0) is 37.6 Å². The first kappa shape index (κ1) is 17.0. The summed E-state index contributed by atoms with van der Waals surface area (Å²) in [7, 11) is 0. The zero-order valence-corrected chi connectivity index (χ0v) is 13.2. The molecule has 1 N–H and O–H groups in total. The summed E-state index contributed by atoms with van der Waals surface area (Å²) in [6.07, 6.45) is 2.80. The maximum atomic E-state index is 11.9. The van der Waals surface area contributed by atoms with Crippen LogP contribution in [-0.4, -0.2) is 30.4 Å². The Morgan fingerprint density at radius 1 is 1.15 bits per heavy atom. The number of nitrogens with one attached hydrogen (secondary N) is 1. The minimum absolute atomic E-state index is 0.0853. The molecule has 1 amide bonds. The van der Waals surface area contributed by atoms with Gasteiger partial charge < -0.3 is 10.2 Å². The van der Waals surface area contributed by atoms with Gasteiger partial charge in [0, 0.05) is 24.5 Å². The zero-order chi connectivity index (χ0) is 14.8. The molecule has 3 nitrogen and oxygen atoms in total. The minimum atomic E-state index is 0.0853. The molecule has 1 rings (SSSR count). The summed E-state index contributed by atoms with van der Waals surface area (Å²) in [6, 6.07) is 7.59. The largest absolute Gasteiger partial charge is 0.352 e. The van der Waals surface area contributed by atoms with Gasteiger partial charge in [-0.1, -0.05) is 43.6 Å². The van der Waals surface area contributed by atoms with Crippen molar-refractivity contribution in [3.63, 3.8) is 0 Å². The highest BCUT2D eigenvalue weighted by Crippen LogP contribution is 2.14. The highest BCUT2D eigenvalue weighted by atomic mass is 35.5. The molecular weight excluding hydrogens is 272 g/mol. The van der Waals surface area contributed by atoms with Crippen LogP contribution in [0.15, 0.2) is 24.3 Å². The summed E-state index contributed by atoms with van der Waals surface area (Å²) in [6.45, 7) is 7.79. The summed E-state index contributed by atoms with van der Waals surface area (Å²) in [5, 5.41) is 3.63. The van der Waals surface area contributed by atoms with E-state index >= 15 is 0 Å². The third kappa shape index (κ3) is 6.40. The molecule has 0 heterocycles. The van der Waals surface area contributed by atoms with E-state index in [0.29, 0.717) is 18.0 Å². The molecule has 0 bridgehead atoms. The maximum Gasteiger partial charge on any atom is 0.221 e. The van der Waals surface area contributed by atoms with E-state index < -0.39 is 0 Å². The van der Waals surface area contributed by atoms with Crippen molar-refractivity contribution in [3.05, 3.63) is 34.9 Å². The molecule has 0 aliphatic heterocycles. The summed E-state index contributed by atoms with van der Waals surface area (Å²) in [5.74, 6) is 0.0853. The van der Waals surface area contributed by atoms with Crippen molar-refractivity contribution < 1.29 is 4.79 Å². The van der Waals surface area contributed by atoms with Gasteiger partial charge in [-0.25, -0.2) is 0 Å². The SMILES string of the molecule is CCCN(CCC)CCC(=O)NCc1ccccc1Cl. The quantitative estimate of drug-likeness (QED) is 0.757. The van der Waals surface area contributed by atoms with Gasteiger partial charge in [-0.2, -0.15) is 0 Å². The topological polar surface area (TPSA) is 32.3 Å². The number of amides is 1. The van der Waals surface area contributed by atoms with Crippen molar-refractivity contribution in [1.29, 1.82) is 0 Å². The predicted molar refractivity (Wildman–Crippen MR) is 84.9 cm³/mol. The van der Waals surface area contributed by atoms with Crippen LogP contribution in [0.4, 0.5) is 0 Å². The molecule has 0 saturated heterocycles. The number of rotatable bonds is 9. The molecular formula is C16H25ClN2O. The summed E-state index contributed by atoms with van der Waals surface area (Å²) >= 11 is 6.06. The molecule has 0 fully saturated rings. The van der Waals surface area contributed by atoms with Crippen molar-refractivity contribution in [2.45, 2.75) is 39.7 Å². The molecule has 0 atom stereocenters. The van der Waals surface area contributed by atoms with E-state index in [1.165, 1.54) is 0 Å². The van der Waals surface area contributed by atoms with Gasteiger partial charge in [0.1, 0.15) is 0 Å². The fraction of sp³-hybridized carbons (Fsp3) is 0.562. The smallest absolute Gasteiger partial charge is 0.221 e. The predicted octanol–water partition coefficient (Wildman–Crippen LogP) is 3.47. The Bertz CT molecular complexity index is 403. The first-order valence-electron chi connectivity index (χ1n) is 7.39. The van der Waals surface area contributed by atoms with Crippen LogP contribution in [0, 0.1) is 0 Å². The normalized spacial score (nSPS) is 10.8. The van der Waals surface area contributed by atoms with Crippen LogP contribution in [0.25, 0.3) is 0 Å². The zero-order valence-electron chi connectivity index (χ0n) is 12.5. The Morgan fingerprint density at radius 2 is 1.80 bits per heavy atom. The van der Waals surface area contributed by atoms with Crippen LogP contribution in [0.1, 0.15) is 38.7 Å². The minimum Gasteiger partial charge on any atom is -0.352 e. The molecule has 4 heteroatoms. The van der Waals surface area contributed by atoms with Crippen LogP contribution >= 0.6 is 11.6 Å². The average Bonchev–Trinajstić information content (AvgIpc) is 2.44. The summed E-state index contributed by atoms with van der Waals surface area (Å²) in [5.41, 5.74) is 0.960. The van der Waals surface area contributed by atoms with Gasteiger partial charge in [0.25, 0.3) is 0 Å². The Hall–Kier alpha value is -1.06. The van der Waals surface area contributed by atoms with Gasteiger partial charge >= 0.3 is 0 Å². The van der Waals surface area contributed by atoms with E-state index in [2.05, 4.69) is 24.1 Å². The van der Waals surface area contributed by atoms with Crippen molar-refractivity contribution in [2.75, 3.05) is 19.6 Å². The summed E-state index contributed by atoms with van der Waals surface area (Å²) in [4.78, 5) is 14.2. The van der Waals surface area contributed by atoms with Crippen molar-refractivity contribution in [1.82, 2.24) is 10.2 Å². The van der Waals surface area contributed by atoms with Gasteiger partial charge in [0.05, 0.1) is 0 Å². The molecule has 0 radical (unpaired) electrons. The van der Waals surface area contributed by atoms with Crippen LogP contribution in [0.2, 0.25) is 5.02 Å². The third-order valence-electron chi connectivity index (χ3n) is 3.17. The Kier molecular flexibility index (Phi) is 8.31. The maximum absolute atomic E-state index is 11.9. The van der Waals surface area contributed by atoms with Gasteiger partial charge in [-0.3, -0.25) is 4.79 Å². The number of benzene rings is 1. The second kappa shape index (κ2) is 9.78. The van der Waals surface area contributed by atoms with Crippen molar-refractivity contribution in [2.24, 2.45) is 0 Å². The molecule has 20 heavy (non-hydrogen) atoms. The second-order valence-electron chi connectivity index (χ2n) is 4.96. The fourth-order valence-electron chi connectivity index (χ4n) is 2.15. The molecule has 1 aromatic carbocycles. The van der Waals surface area contributed by atoms with E-state index in [-0.39, 0.29) is 5.91 Å². The fourth-order valence-corrected chi connectivity index (χ4v) is 2.35. The van der Waals surface area contributed by atoms with Crippen LogP contribution in [0.5, 0.6) is 0 Å². The van der Waals surface area contributed by atoms with Gasteiger partial charge in [-0.15, -0.1) is 0 Å². The van der Waals surface area contributed by atoms with Crippen LogP contribution in [-0.2, 0) is 11.3 Å². The molecule has 0 aliphatic rings. The number of hydrogen-bond acceptors (Lipinski definition) is 2. The van der Waals surface area contributed by atoms with Crippen molar-refractivity contribution >= 4 is 17.5 Å². The monoisotopic (exact) mass is 296 g/mol. The van der Waals surface area contributed by atoms with E-state index in [0.717, 1.165) is 38.0 Å². The van der Waals surface area contributed by atoms with E-state index in [4.69, 9.17) is 11.6 Å². The third-order valence-corrected chi connectivity index (χ3v) is 3.54. The molecule has 0 saturated carbocycles. The highest BCUT2D eigenvalue weighted by Gasteiger charge is 2.07. The van der Waals surface area contributed by atoms with Crippen molar-refractivity contribution in [3.8, 4) is 0 Å². The Labute approximate surface area is 127 Å². The number of carbonyl (C=O) groups excluding carboxylic acids is 1. The average molecular weight is 297 g/mol. The summed E-state index contributed by atoms with van der Waals surface area (Å²) < 4.78 is 0. The van der Waals surface area contributed by atoms with Crippen LogP contribution in [0.3, 0.4) is 0 Å². The lowest BCUT2D eigenvalue weighted by Gasteiger charge is -2.20. The second-order valence-corrected chi connectivity index (χ2v) is 5.37. The number of halogens is 1. The number of hydrogen-bond donors (Lipinski definition) is 1. The van der Waals surface area contributed by atoms with E-state index in [1.807, 2.05) is 24.3 Å². The lowest BCUT2D eigenvalue weighted by atomic mass is 10.2. The van der Waals surface area contributed by atoms with Gasteiger partial charge in [0.2, 0.25) is 5.91 Å². The Morgan fingerprint density at radius 3 is 2.40 bits per heavy atom. The van der Waals surface area contributed by atoms with Crippen LogP contribution < -0.4 is 5.32 Å². The molecule has 0 aromatic heterocycles. The lowest BCUT2D eigenvalue weighted by molar-refractivity contribution is -0.121. The number of nitrogens with zero attached hydrogens (tertiary/aromatic N) is 1. The first-order chi connectivity index (χ1) is 9.67. The molecule has 112 valence electrons. The van der Waals surface area contributed by atoms with E-state index in [9.17, 15) is 4.79 Å². The molecule has 0 spiro atoms. The molecule has 1 aromatic rings. The first-order valence-corrected chi connectivity index (χ1v) is 7.77. The van der Waals surface area contributed by atoms with E-state index in [1.54, 1.807) is 0 Å². The number of carbonyl (C=O) groups is 1. The lowest BCUT2D eigenvalue weighted by Crippen LogP contribution is -2.31.